The number of nitrogens with zero attached hydrogens (tertiary/aromatic N) is 3. The van der Waals surface area contributed by atoms with E-state index in [1.54, 1.807) is 23.1 Å². The van der Waals surface area contributed by atoms with Crippen LogP contribution in [0.15, 0.2) is 88.2 Å². The molecule has 1 aromatic heterocycles. The summed E-state index contributed by atoms with van der Waals surface area (Å²) >= 11 is 3.34. The summed E-state index contributed by atoms with van der Waals surface area (Å²) in [6, 6.07) is 24.9. The number of rotatable bonds is 6. The van der Waals surface area contributed by atoms with Gasteiger partial charge in [-0.15, -0.1) is 11.3 Å². The van der Waals surface area contributed by atoms with E-state index in [2.05, 4.69) is 47.5 Å². The van der Waals surface area contributed by atoms with Crippen LogP contribution in [0, 0.1) is 10.1 Å². The van der Waals surface area contributed by atoms with E-state index < -0.39 is 4.92 Å². The van der Waals surface area contributed by atoms with Gasteiger partial charge in [0.05, 0.1) is 20.8 Å². The number of thiazole rings is 1. The molecular formula is C28H19N3O3S2. The zero-order valence-corrected chi connectivity index (χ0v) is 20.6. The maximum absolute atomic E-state index is 11.0. The van der Waals surface area contributed by atoms with E-state index in [0.29, 0.717) is 11.3 Å². The topological polar surface area (TPSA) is 88.6 Å². The molecule has 1 aliphatic carbocycles. The van der Waals surface area contributed by atoms with E-state index in [-0.39, 0.29) is 11.4 Å². The minimum atomic E-state index is -0.499. The number of thioether (sulfide) groups is 1. The van der Waals surface area contributed by atoms with Crippen molar-refractivity contribution in [1.82, 2.24) is 4.98 Å². The lowest BCUT2D eigenvalue weighted by molar-refractivity contribution is -0.384. The molecule has 1 N–H and O–H groups in total. The summed E-state index contributed by atoms with van der Waals surface area (Å²) in [6.45, 7) is 0. The fourth-order valence-electron chi connectivity index (χ4n) is 4.37. The van der Waals surface area contributed by atoms with E-state index >= 15 is 0 Å². The minimum Gasteiger partial charge on any atom is -0.507 e. The lowest BCUT2D eigenvalue weighted by Crippen LogP contribution is -1.90. The van der Waals surface area contributed by atoms with Crippen molar-refractivity contribution in [3.63, 3.8) is 0 Å². The number of hydrogen-bond donors (Lipinski definition) is 1. The lowest BCUT2D eigenvalue weighted by atomic mass is 10.0. The average Bonchev–Trinajstić information content (AvgIpc) is 3.46. The fraction of sp³-hybridized carbons (Fsp3) is 0.0714. The van der Waals surface area contributed by atoms with Gasteiger partial charge in [0, 0.05) is 29.7 Å². The summed E-state index contributed by atoms with van der Waals surface area (Å²) in [4.78, 5) is 19.7. The van der Waals surface area contributed by atoms with Crippen molar-refractivity contribution in [2.24, 2.45) is 4.99 Å². The molecule has 0 bridgehead atoms. The SMILES string of the molecule is O=[N+]([O-])c1ccc(O)c(C=Nc2ccc3nc(SCc4ccc5c(c4)Cc4ccccc4-5)sc3c2)c1. The predicted molar refractivity (Wildman–Crippen MR) is 146 cm³/mol. The Labute approximate surface area is 215 Å². The molecule has 6 nitrogen and oxygen atoms in total. The molecule has 0 amide bonds. The van der Waals surface area contributed by atoms with Crippen LogP contribution in [-0.2, 0) is 12.2 Å². The Bertz CT molecular complexity index is 1680. The third-order valence-corrected chi connectivity index (χ3v) is 8.38. The van der Waals surface area contributed by atoms with Gasteiger partial charge >= 0.3 is 0 Å². The molecule has 5 aromatic rings. The van der Waals surface area contributed by atoms with Crippen molar-refractivity contribution in [1.29, 1.82) is 0 Å². The molecule has 6 rings (SSSR count). The molecule has 0 radical (unpaired) electrons. The summed E-state index contributed by atoms with van der Waals surface area (Å²) in [5.74, 6) is 0.790. The number of benzene rings is 4. The van der Waals surface area contributed by atoms with Gasteiger partial charge in [-0.2, -0.15) is 0 Å². The van der Waals surface area contributed by atoms with Gasteiger partial charge in [0.25, 0.3) is 5.69 Å². The highest BCUT2D eigenvalue weighted by Gasteiger charge is 2.18. The first-order chi connectivity index (χ1) is 17.5. The number of phenols is 1. The van der Waals surface area contributed by atoms with Crippen molar-refractivity contribution in [2.45, 2.75) is 16.5 Å². The molecular weight excluding hydrogens is 490 g/mol. The quantitative estimate of drug-likeness (QED) is 0.109. The Morgan fingerprint density at radius 2 is 1.89 bits per heavy atom. The van der Waals surface area contributed by atoms with E-state index in [0.717, 1.165) is 26.7 Å². The number of phenolic OH excluding ortho intramolecular Hbond substituents is 1. The molecule has 36 heavy (non-hydrogen) atoms. The first kappa shape index (κ1) is 22.5. The normalized spacial score (nSPS) is 12.2. The largest absolute Gasteiger partial charge is 0.507 e. The summed E-state index contributed by atoms with van der Waals surface area (Å²) in [7, 11) is 0. The molecule has 1 heterocycles. The van der Waals surface area contributed by atoms with E-state index in [1.165, 1.54) is 52.2 Å². The van der Waals surface area contributed by atoms with Crippen molar-refractivity contribution in [2.75, 3.05) is 0 Å². The van der Waals surface area contributed by atoms with E-state index in [1.807, 2.05) is 18.2 Å². The third kappa shape index (κ3) is 4.36. The summed E-state index contributed by atoms with van der Waals surface area (Å²) in [5, 5.41) is 21.0. The summed E-state index contributed by atoms with van der Waals surface area (Å²) in [5.41, 5.74) is 8.54. The Kier molecular flexibility index (Phi) is 5.75. The summed E-state index contributed by atoms with van der Waals surface area (Å²) in [6.07, 6.45) is 2.43. The molecule has 0 fully saturated rings. The average molecular weight is 510 g/mol. The number of nitro groups is 1. The van der Waals surface area contributed by atoms with Gasteiger partial charge in [-0.25, -0.2) is 4.98 Å². The number of nitro benzene ring substituents is 1. The number of aromatic hydroxyl groups is 1. The Balaban J connectivity index is 1.17. The second-order valence-corrected chi connectivity index (χ2v) is 10.8. The molecule has 0 spiro atoms. The van der Waals surface area contributed by atoms with Gasteiger partial charge in [-0.3, -0.25) is 15.1 Å². The van der Waals surface area contributed by atoms with Gasteiger partial charge in [0.2, 0.25) is 0 Å². The van der Waals surface area contributed by atoms with Crippen molar-refractivity contribution in [3.8, 4) is 16.9 Å². The number of aliphatic imine (C=N–C) groups is 1. The molecule has 0 saturated heterocycles. The highest BCUT2D eigenvalue weighted by atomic mass is 32.2. The Hall–Kier alpha value is -4.01. The van der Waals surface area contributed by atoms with Crippen LogP contribution in [-0.4, -0.2) is 21.2 Å². The lowest BCUT2D eigenvalue weighted by Gasteiger charge is -2.04. The molecule has 0 saturated carbocycles. The predicted octanol–water partition coefficient (Wildman–Crippen LogP) is 7.52. The van der Waals surface area contributed by atoms with Crippen molar-refractivity contribution >= 4 is 50.9 Å². The van der Waals surface area contributed by atoms with Crippen LogP contribution in [0.25, 0.3) is 21.3 Å². The van der Waals surface area contributed by atoms with Crippen LogP contribution in [0.3, 0.4) is 0 Å². The van der Waals surface area contributed by atoms with Crippen LogP contribution in [0.4, 0.5) is 11.4 Å². The molecule has 8 heteroatoms. The Morgan fingerprint density at radius 3 is 2.78 bits per heavy atom. The highest BCUT2D eigenvalue weighted by molar-refractivity contribution is 8.00. The number of non-ortho nitro benzene ring substituents is 1. The Morgan fingerprint density at radius 1 is 1.03 bits per heavy atom. The monoisotopic (exact) mass is 509 g/mol. The number of aromatic nitrogens is 1. The minimum absolute atomic E-state index is 0.0580. The number of fused-ring (bicyclic) bond motifs is 4. The van der Waals surface area contributed by atoms with Crippen LogP contribution in [0.1, 0.15) is 22.3 Å². The molecule has 0 aliphatic heterocycles. The van der Waals surface area contributed by atoms with Crippen LogP contribution >= 0.6 is 23.1 Å². The first-order valence-corrected chi connectivity index (χ1v) is 13.1. The second kappa shape index (κ2) is 9.22. The molecule has 176 valence electrons. The van der Waals surface area contributed by atoms with Crippen LogP contribution < -0.4 is 0 Å². The van der Waals surface area contributed by atoms with Crippen LogP contribution in [0.2, 0.25) is 0 Å². The molecule has 4 aromatic carbocycles. The highest BCUT2D eigenvalue weighted by Crippen LogP contribution is 2.38. The maximum atomic E-state index is 11.0. The standard InChI is InChI=1S/C28H19N3O3S2/c32-26-10-7-22(31(33)34)13-20(26)15-29-21-6-9-25-27(14-21)36-28(30-25)35-16-17-5-8-24-19(11-17)12-18-3-1-2-4-23(18)24/h1-11,13-15,32H,12,16H2. The fourth-order valence-corrected chi connectivity index (χ4v) is 6.41. The zero-order chi connectivity index (χ0) is 24.6. The zero-order valence-electron chi connectivity index (χ0n) is 18.9. The third-order valence-electron chi connectivity index (χ3n) is 6.15. The maximum Gasteiger partial charge on any atom is 0.270 e. The smallest absolute Gasteiger partial charge is 0.270 e. The number of hydrogen-bond acceptors (Lipinski definition) is 7. The summed E-state index contributed by atoms with van der Waals surface area (Å²) < 4.78 is 2.01. The molecule has 1 aliphatic rings. The van der Waals surface area contributed by atoms with E-state index in [9.17, 15) is 15.2 Å². The van der Waals surface area contributed by atoms with Gasteiger partial charge in [-0.1, -0.05) is 54.2 Å². The van der Waals surface area contributed by atoms with Crippen LogP contribution in [0.5, 0.6) is 5.75 Å². The van der Waals surface area contributed by atoms with E-state index in [4.69, 9.17) is 4.98 Å². The second-order valence-electron chi connectivity index (χ2n) is 8.50. The van der Waals surface area contributed by atoms with Gasteiger partial charge in [0.1, 0.15) is 5.75 Å². The van der Waals surface area contributed by atoms with Crippen molar-refractivity contribution < 1.29 is 10.0 Å². The van der Waals surface area contributed by atoms with Gasteiger partial charge in [-0.05, 0) is 58.5 Å². The van der Waals surface area contributed by atoms with Gasteiger partial charge < -0.3 is 5.11 Å². The molecule has 0 unspecified atom stereocenters. The van der Waals surface area contributed by atoms with Crippen molar-refractivity contribution in [3.05, 3.63) is 111 Å². The first-order valence-electron chi connectivity index (χ1n) is 11.3. The van der Waals surface area contributed by atoms with Gasteiger partial charge in [0.15, 0.2) is 4.34 Å². The molecule has 0 atom stereocenters.